The molecular weight excluding hydrogens is 284 g/mol. The monoisotopic (exact) mass is 288 g/mol. The average molecular weight is 290 g/mol. The van der Waals surface area contributed by atoms with Crippen molar-refractivity contribution in [1.82, 2.24) is 4.98 Å². The van der Waals surface area contributed by atoms with Crippen LogP contribution in [0, 0.1) is 11.3 Å². The second kappa shape index (κ2) is 4.58. The second-order valence-electron chi connectivity index (χ2n) is 2.20. The Morgan fingerprint density at radius 2 is 2.25 bits per heavy atom. The highest BCUT2D eigenvalue weighted by Crippen LogP contribution is 2.15. The molecule has 4 heteroatoms. The van der Waals surface area contributed by atoms with Crippen molar-refractivity contribution < 1.29 is 0 Å². The number of nitrogens with zero attached hydrogens (tertiary/aromatic N) is 2. The standard InChI is InChI=1S/C8H6Br2N2/c9-4-3-6-1-2-7(5-11)12-8(6)10/h1-2H,3-4H2. The van der Waals surface area contributed by atoms with Crippen LogP contribution in [-0.4, -0.2) is 10.3 Å². The fraction of sp³-hybridized carbons (Fsp3) is 0.250. The summed E-state index contributed by atoms with van der Waals surface area (Å²) < 4.78 is 0.765. The number of hydrogen-bond acceptors (Lipinski definition) is 2. The van der Waals surface area contributed by atoms with Crippen LogP contribution in [0.4, 0.5) is 0 Å². The Bertz CT molecular complexity index is 317. The van der Waals surface area contributed by atoms with Gasteiger partial charge in [0.25, 0.3) is 0 Å². The highest BCUT2D eigenvalue weighted by atomic mass is 79.9. The lowest BCUT2D eigenvalue weighted by Crippen LogP contribution is -1.92. The molecule has 1 aromatic heterocycles. The summed E-state index contributed by atoms with van der Waals surface area (Å²) >= 11 is 6.65. The number of nitriles is 1. The minimum atomic E-state index is 0.445. The normalized spacial score (nSPS) is 9.42. The Labute approximate surface area is 87.9 Å². The minimum absolute atomic E-state index is 0.445. The van der Waals surface area contributed by atoms with Crippen LogP contribution in [-0.2, 0) is 6.42 Å². The van der Waals surface area contributed by atoms with E-state index < -0.39 is 0 Å². The molecule has 0 aliphatic carbocycles. The molecule has 0 N–H and O–H groups in total. The third kappa shape index (κ3) is 2.29. The maximum absolute atomic E-state index is 8.54. The van der Waals surface area contributed by atoms with Gasteiger partial charge in [-0.05, 0) is 34.0 Å². The SMILES string of the molecule is N#Cc1ccc(CCBr)c(Br)n1. The number of alkyl halides is 1. The summed E-state index contributed by atoms with van der Waals surface area (Å²) in [4.78, 5) is 4.04. The molecule has 2 nitrogen and oxygen atoms in total. The first-order chi connectivity index (χ1) is 5.77. The molecule has 0 aliphatic rings. The lowest BCUT2D eigenvalue weighted by atomic mass is 10.2. The molecular formula is C8H6Br2N2. The van der Waals surface area contributed by atoms with Crippen LogP contribution in [0.3, 0.4) is 0 Å². The Hall–Kier alpha value is -0.400. The number of rotatable bonds is 2. The molecule has 62 valence electrons. The van der Waals surface area contributed by atoms with Crippen LogP contribution in [0.1, 0.15) is 11.3 Å². The second-order valence-corrected chi connectivity index (χ2v) is 3.74. The summed E-state index contributed by atoms with van der Waals surface area (Å²) in [6, 6.07) is 5.62. The first kappa shape index (κ1) is 9.69. The molecule has 0 radical (unpaired) electrons. The third-order valence-electron chi connectivity index (χ3n) is 1.40. The molecule has 1 rings (SSSR count). The maximum atomic E-state index is 8.54. The number of halogens is 2. The van der Waals surface area contributed by atoms with Crippen LogP contribution in [0.5, 0.6) is 0 Å². The van der Waals surface area contributed by atoms with E-state index in [4.69, 9.17) is 5.26 Å². The lowest BCUT2D eigenvalue weighted by Gasteiger charge is -1.99. The van der Waals surface area contributed by atoms with Crippen LogP contribution < -0.4 is 0 Å². The average Bonchev–Trinajstić information content (AvgIpc) is 2.09. The highest BCUT2D eigenvalue weighted by Gasteiger charge is 2.01. The molecule has 0 saturated heterocycles. The number of aromatic nitrogens is 1. The van der Waals surface area contributed by atoms with Gasteiger partial charge in [-0.2, -0.15) is 5.26 Å². The lowest BCUT2D eigenvalue weighted by molar-refractivity contribution is 1.08. The minimum Gasteiger partial charge on any atom is -0.230 e. The van der Waals surface area contributed by atoms with Gasteiger partial charge in [-0.15, -0.1) is 0 Å². The molecule has 0 amide bonds. The number of pyridine rings is 1. The summed E-state index contributed by atoms with van der Waals surface area (Å²) in [7, 11) is 0. The predicted octanol–water partition coefficient (Wildman–Crippen LogP) is 2.65. The molecule has 0 aliphatic heterocycles. The molecule has 0 fully saturated rings. The van der Waals surface area contributed by atoms with Crippen LogP contribution in [0.15, 0.2) is 16.7 Å². The fourth-order valence-corrected chi connectivity index (χ4v) is 1.76. The first-order valence-corrected chi connectivity index (χ1v) is 5.31. The van der Waals surface area contributed by atoms with Gasteiger partial charge in [0.2, 0.25) is 0 Å². The van der Waals surface area contributed by atoms with Gasteiger partial charge < -0.3 is 0 Å². The van der Waals surface area contributed by atoms with Gasteiger partial charge in [-0.25, -0.2) is 4.98 Å². The summed E-state index contributed by atoms with van der Waals surface area (Å²) in [5.74, 6) is 0. The Balaban J connectivity index is 2.97. The number of aryl methyl sites for hydroxylation is 1. The Kier molecular flexibility index (Phi) is 3.70. The summed E-state index contributed by atoms with van der Waals surface area (Å²) in [5.41, 5.74) is 1.56. The predicted molar refractivity (Wildman–Crippen MR) is 54.2 cm³/mol. The van der Waals surface area contributed by atoms with Gasteiger partial charge in [-0.1, -0.05) is 22.0 Å². The van der Waals surface area contributed by atoms with Crippen molar-refractivity contribution in [2.75, 3.05) is 5.33 Å². The van der Waals surface area contributed by atoms with E-state index in [1.54, 1.807) is 6.07 Å². The van der Waals surface area contributed by atoms with Gasteiger partial charge in [0, 0.05) is 5.33 Å². The van der Waals surface area contributed by atoms with Gasteiger partial charge >= 0.3 is 0 Å². The summed E-state index contributed by atoms with van der Waals surface area (Å²) in [5, 5.41) is 9.44. The van der Waals surface area contributed by atoms with Crippen LogP contribution in [0.25, 0.3) is 0 Å². The largest absolute Gasteiger partial charge is 0.230 e. The Morgan fingerprint density at radius 1 is 1.50 bits per heavy atom. The molecule has 1 aromatic rings. The molecule has 0 atom stereocenters. The van der Waals surface area contributed by atoms with E-state index in [1.165, 1.54) is 0 Å². The van der Waals surface area contributed by atoms with E-state index in [0.717, 1.165) is 21.9 Å². The van der Waals surface area contributed by atoms with E-state index in [2.05, 4.69) is 36.8 Å². The number of hydrogen-bond donors (Lipinski definition) is 0. The van der Waals surface area contributed by atoms with Crippen LogP contribution >= 0.6 is 31.9 Å². The van der Waals surface area contributed by atoms with E-state index >= 15 is 0 Å². The van der Waals surface area contributed by atoms with Crippen molar-refractivity contribution in [2.45, 2.75) is 6.42 Å². The molecule has 0 unspecified atom stereocenters. The van der Waals surface area contributed by atoms with Crippen molar-refractivity contribution in [1.29, 1.82) is 5.26 Å². The van der Waals surface area contributed by atoms with E-state index in [1.807, 2.05) is 12.1 Å². The van der Waals surface area contributed by atoms with Crippen molar-refractivity contribution in [3.8, 4) is 6.07 Å². The van der Waals surface area contributed by atoms with Crippen LogP contribution in [0.2, 0.25) is 0 Å². The molecule has 1 heterocycles. The maximum Gasteiger partial charge on any atom is 0.141 e. The molecule has 0 bridgehead atoms. The van der Waals surface area contributed by atoms with E-state index in [9.17, 15) is 0 Å². The topological polar surface area (TPSA) is 36.7 Å². The molecule has 0 aromatic carbocycles. The molecule has 0 saturated carbocycles. The van der Waals surface area contributed by atoms with E-state index in [-0.39, 0.29) is 0 Å². The van der Waals surface area contributed by atoms with Gasteiger partial charge in [0.05, 0.1) is 0 Å². The molecule has 0 spiro atoms. The zero-order chi connectivity index (χ0) is 8.97. The fourth-order valence-electron chi connectivity index (χ4n) is 0.814. The highest BCUT2D eigenvalue weighted by molar-refractivity contribution is 9.10. The smallest absolute Gasteiger partial charge is 0.141 e. The zero-order valence-electron chi connectivity index (χ0n) is 6.22. The Morgan fingerprint density at radius 3 is 2.75 bits per heavy atom. The van der Waals surface area contributed by atoms with Gasteiger partial charge in [0.1, 0.15) is 16.4 Å². The van der Waals surface area contributed by atoms with Crippen molar-refractivity contribution in [3.63, 3.8) is 0 Å². The summed E-state index contributed by atoms with van der Waals surface area (Å²) in [6.07, 6.45) is 0.916. The summed E-state index contributed by atoms with van der Waals surface area (Å²) in [6.45, 7) is 0. The van der Waals surface area contributed by atoms with Crippen molar-refractivity contribution in [3.05, 3.63) is 28.0 Å². The van der Waals surface area contributed by atoms with Gasteiger partial charge in [-0.3, -0.25) is 0 Å². The van der Waals surface area contributed by atoms with E-state index in [0.29, 0.717) is 5.69 Å². The quantitative estimate of drug-likeness (QED) is 0.620. The molecule has 12 heavy (non-hydrogen) atoms. The van der Waals surface area contributed by atoms with Gasteiger partial charge in [0.15, 0.2) is 0 Å². The van der Waals surface area contributed by atoms with Crippen molar-refractivity contribution in [2.24, 2.45) is 0 Å². The third-order valence-corrected chi connectivity index (χ3v) is 2.49. The first-order valence-electron chi connectivity index (χ1n) is 3.39. The zero-order valence-corrected chi connectivity index (χ0v) is 9.39. The van der Waals surface area contributed by atoms with Crippen molar-refractivity contribution >= 4 is 31.9 Å².